The Morgan fingerprint density at radius 3 is 2.50 bits per heavy atom. The van der Waals surface area contributed by atoms with Crippen molar-refractivity contribution in [2.45, 2.75) is 0 Å². The summed E-state index contributed by atoms with van der Waals surface area (Å²) in [5.41, 5.74) is 0. The van der Waals surface area contributed by atoms with Gasteiger partial charge in [-0.2, -0.15) is 0 Å². The lowest BCUT2D eigenvalue weighted by molar-refractivity contribution is 1.33. The molecule has 1 nitrogen and oxygen atoms in total. The smallest absolute Gasteiger partial charge is 0.0840 e. The molecule has 0 spiro atoms. The van der Waals surface area contributed by atoms with Gasteiger partial charge >= 0.3 is 0 Å². The number of halogens is 2. The van der Waals surface area contributed by atoms with Gasteiger partial charge in [0.25, 0.3) is 0 Å². The maximum atomic E-state index is 7.10. The maximum Gasteiger partial charge on any atom is 0.0840 e. The van der Waals surface area contributed by atoms with Crippen molar-refractivity contribution >= 4 is 24.0 Å². The van der Waals surface area contributed by atoms with Gasteiger partial charge in [-0.25, -0.2) is 0 Å². The molecule has 0 unspecified atom stereocenters. The molecule has 1 rings (SSSR count). The molecule has 0 bridgehead atoms. The van der Waals surface area contributed by atoms with E-state index in [4.69, 9.17) is 17.1 Å². The standard InChI is InChI=1S/C5H4ClN.ClH/c6-5-1-3-7-4-2-5;/h1-4H;1H/i1D,2D,3D,4D;. The minimum Gasteiger partial charge on any atom is -0.265 e. The van der Waals surface area contributed by atoms with Crippen LogP contribution in [0.1, 0.15) is 5.48 Å². The van der Waals surface area contributed by atoms with Crippen molar-refractivity contribution in [3.05, 3.63) is 29.5 Å². The lowest BCUT2D eigenvalue weighted by Crippen LogP contribution is -1.63. The van der Waals surface area contributed by atoms with Crippen molar-refractivity contribution in [2.24, 2.45) is 0 Å². The summed E-state index contributed by atoms with van der Waals surface area (Å²) in [7, 11) is 0. The van der Waals surface area contributed by atoms with Crippen LogP contribution in [0, 0.1) is 0 Å². The van der Waals surface area contributed by atoms with Gasteiger partial charge in [-0.3, -0.25) is 4.98 Å². The largest absolute Gasteiger partial charge is 0.265 e. The van der Waals surface area contributed by atoms with Crippen LogP contribution in [0.4, 0.5) is 0 Å². The summed E-state index contributed by atoms with van der Waals surface area (Å²) in [5.74, 6) is 0. The number of hydrogen-bond acceptors (Lipinski definition) is 1. The monoisotopic (exact) mass is 153 g/mol. The SMILES string of the molecule is Cl.[2H]c1nc([2H])c([2H])c(Cl)c1[2H]. The van der Waals surface area contributed by atoms with Crippen LogP contribution in [0.2, 0.25) is 5.02 Å². The van der Waals surface area contributed by atoms with Crippen molar-refractivity contribution in [1.29, 1.82) is 0 Å². The Kier molecular flexibility index (Phi) is 1.41. The van der Waals surface area contributed by atoms with Crippen molar-refractivity contribution in [2.75, 3.05) is 0 Å². The van der Waals surface area contributed by atoms with Crippen LogP contribution in [0.25, 0.3) is 0 Å². The van der Waals surface area contributed by atoms with Crippen molar-refractivity contribution in [3.8, 4) is 0 Å². The first-order chi connectivity index (χ1) is 5.04. The Hall–Kier alpha value is -0.270. The van der Waals surface area contributed by atoms with Gasteiger partial charge < -0.3 is 0 Å². The first-order valence-corrected chi connectivity index (χ1v) is 2.01. The molecular weight excluding hydrogens is 145 g/mol. The van der Waals surface area contributed by atoms with E-state index in [0.29, 0.717) is 0 Å². The van der Waals surface area contributed by atoms with Gasteiger partial charge in [0, 0.05) is 17.4 Å². The molecule has 0 aromatic carbocycles. The van der Waals surface area contributed by atoms with E-state index in [2.05, 4.69) is 4.98 Å². The molecule has 0 saturated carbocycles. The van der Waals surface area contributed by atoms with Crippen LogP contribution in [0.15, 0.2) is 24.4 Å². The molecule has 0 aliphatic rings. The Morgan fingerprint density at radius 2 is 2.00 bits per heavy atom. The molecular formula is C5H5Cl2N. The Balaban J connectivity index is 0.00000121. The molecule has 0 aliphatic carbocycles. The lowest BCUT2D eigenvalue weighted by Gasteiger charge is -1.79. The van der Waals surface area contributed by atoms with Crippen LogP contribution in [0.3, 0.4) is 0 Å². The molecule has 0 fully saturated rings. The fourth-order valence-electron chi connectivity index (χ4n) is 0.213. The van der Waals surface area contributed by atoms with E-state index in [1.54, 1.807) is 0 Å². The van der Waals surface area contributed by atoms with Gasteiger partial charge in [-0.1, -0.05) is 11.6 Å². The summed E-state index contributed by atoms with van der Waals surface area (Å²) in [4.78, 5) is 3.31. The number of nitrogens with zero attached hydrogens (tertiary/aromatic N) is 1. The summed E-state index contributed by atoms with van der Waals surface area (Å²) in [6, 6.07) is -0.597. The highest BCUT2D eigenvalue weighted by Gasteiger charge is 1.75. The topological polar surface area (TPSA) is 12.9 Å². The minimum absolute atomic E-state index is 0. The lowest BCUT2D eigenvalue weighted by atomic mass is 10.5. The van der Waals surface area contributed by atoms with E-state index in [0.717, 1.165) is 0 Å². The maximum absolute atomic E-state index is 7.10. The predicted molar refractivity (Wildman–Crippen MR) is 36.5 cm³/mol. The van der Waals surface area contributed by atoms with Gasteiger partial charge in [0.1, 0.15) is 0 Å². The van der Waals surface area contributed by atoms with E-state index in [1.807, 2.05) is 0 Å². The molecule has 0 amide bonds. The number of pyridine rings is 1. The minimum atomic E-state index is -0.365. The first-order valence-electron chi connectivity index (χ1n) is 3.64. The second kappa shape index (κ2) is 3.70. The molecule has 44 valence electrons. The fourth-order valence-corrected chi connectivity index (χ4v) is 0.298. The van der Waals surface area contributed by atoms with Crippen molar-refractivity contribution in [3.63, 3.8) is 0 Å². The fraction of sp³-hybridized carbons (Fsp3) is 0. The van der Waals surface area contributed by atoms with Crippen LogP contribution in [-0.2, 0) is 0 Å². The third-order valence-corrected chi connectivity index (χ3v) is 0.632. The molecule has 0 atom stereocenters. The Labute approximate surface area is 64.7 Å². The number of rotatable bonds is 0. The zero-order chi connectivity index (χ0) is 8.59. The molecule has 0 N–H and O–H groups in total. The quantitative estimate of drug-likeness (QED) is 0.557. The van der Waals surface area contributed by atoms with Gasteiger partial charge in [-0.15, -0.1) is 12.4 Å². The molecule has 1 heterocycles. The molecule has 1 aromatic rings. The highest BCUT2D eigenvalue weighted by Crippen LogP contribution is 2.01. The van der Waals surface area contributed by atoms with Gasteiger partial charge in [0.2, 0.25) is 0 Å². The molecule has 1 aromatic heterocycles. The Morgan fingerprint density at radius 1 is 1.50 bits per heavy atom. The summed E-state index contributed by atoms with van der Waals surface area (Å²) < 4.78 is 28.2. The zero-order valence-corrected chi connectivity index (χ0v) is 5.31. The average Bonchev–Trinajstić information content (AvgIpc) is 1.97. The highest BCUT2D eigenvalue weighted by atomic mass is 35.5. The van der Waals surface area contributed by atoms with E-state index in [-0.39, 0.29) is 41.9 Å². The van der Waals surface area contributed by atoms with E-state index in [9.17, 15) is 0 Å². The summed E-state index contributed by atoms with van der Waals surface area (Å²) in [6.45, 7) is 0. The van der Waals surface area contributed by atoms with Gasteiger partial charge in [0.05, 0.1) is 5.48 Å². The summed E-state index contributed by atoms with van der Waals surface area (Å²) in [5, 5.41) is -0.185. The average molecular weight is 154 g/mol. The van der Waals surface area contributed by atoms with Crippen LogP contribution >= 0.6 is 24.0 Å². The van der Waals surface area contributed by atoms with Crippen molar-refractivity contribution < 1.29 is 5.48 Å². The normalized spacial score (nSPS) is 14.6. The van der Waals surface area contributed by atoms with Gasteiger partial charge in [-0.05, 0) is 12.1 Å². The number of aromatic nitrogens is 1. The Bertz CT molecular complexity index is 278. The van der Waals surface area contributed by atoms with Crippen LogP contribution in [0.5, 0.6) is 0 Å². The second-order valence-electron chi connectivity index (χ2n) is 0.899. The summed E-state index contributed by atoms with van der Waals surface area (Å²) >= 11 is 5.43. The second-order valence-corrected chi connectivity index (χ2v) is 1.28. The van der Waals surface area contributed by atoms with E-state index >= 15 is 0 Å². The zero-order valence-electron chi connectivity index (χ0n) is 7.73. The highest BCUT2D eigenvalue weighted by molar-refractivity contribution is 6.30. The first kappa shape index (κ1) is 3.04. The molecule has 0 radical (unpaired) electrons. The molecule has 8 heavy (non-hydrogen) atoms. The van der Waals surface area contributed by atoms with E-state index in [1.165, 1.54) is 0 Å². The predicted octanol–water partition coefficient (Wildman–Crippen LogP) is 2.16. The van der Waals surface area contributed by atoms with E-state index < -0.39 is 0 Å². The van der Waals surface area contributed by atoms with Gasteiger partial charge in [0.15, 0.2) is 0 Å². The summed E-state index contributed by atoms with van der Waals surface area (Å²) in [6.07, 6.45) is -0.730. The van der Waals surface area contributed by atoms with Crippen LogP contribution in [-0.4, -0.2) is 4.98 Å². The van der Waals surface area contributed by atoms with Crippen LogP contribution < -0.4 is 0 Å². The number of hydrogen-bond donors (Lipinski definition) is 0. The molecule has 3 heteroatoms. The van der Waals surface area contributed by atoms with Crippen molar-refractivity contribution in [1.82, 2.24) is 4.98 Å². The third kappa shape index (κ3) is 2.15. The molecule has 0 aliphatic heterocycles. The molecule has 0 saturated heterocycles. The third-order valence-electron chi connectivity index (χ3n) is 0.443.